The summed E-state index contributed by atoms with van der Waals surface area (Å²) in [7, 11) is 1.35. The third kappa shape index (κ3) is 3.37. The molecule has 0 aromatic carbocycles. The van der Waals surface area contributed by atoms with Crippen molar-refractivity contribution in [1.82, 2.24) is 4.90 Å². The number of hydrogen-bond acceptors (Lipinski definition) is 5. The molecule has 0 radical (unpaired) electrons. The molecule has 1 amide bonds. The molecule has 1 saturated carbocycles. The SMILES string of the molecule is COC(=O)[C@H]1CCC2(CCN(C(=O)OC(C)(C)C)CC2)[C@@H]1O. The van der Waals surface area contributed by atoms with E-state index in [2.05, 4.69) is 0 Å². The Kier molecular flexibility index (Phi) is 4.70. The van der Waals surface area contributed by atoms with E-state index in [1.165, 1.54) is 7.11 Å². The van der Waals surface area contributed by atoms with Gasteiger partial charge in [0, 0.05) is 18.5 Å². The monoisotopic (exact) mass is 313 g/mol. The summed E-state index contributed by atoms with van der Waals surface area (Å²) in [4.78, 5) is 25.5. The lowest BCUT2D eigenvalue weighted by Crippen LogP contribution is -2.48. The molecular formula is C16H27NO5. The first kappa shape index (κ1) is 17.1. The van der Waals surface area contributed by atoms with Crippen molar-refractivity contribution in [3.63, 3.8) is 0 Å². The second-order valence-corrected chi connectivity index (χ2v) is 7.44. The summed E-state index contributed by atoms with van der Waals surface area (Å²) in [5, 5.41) is 10.5. The number of ether oxygens (including phenoxy) is 2. The van der Waals surface area contributed by atoms with Crippen molar-refractivity contribution in [2.45, 2.75) is 58.2 Å². The molecule has 126 valence electrons. The van der Waals surface area contributed by atoms with Crippen molar-refractivity contribution in [2.24, 2.45) is 11.3 Å². The molecule has 1 N–H and O–H groups in total. The Balaban J connectivity index is 1.95. The van der Waals surface area contributed by atoms with Crippen LogP contribution in [0, 0.1) is 11.3 Å². The van der Waals surface area contributed by atoms with Crippen LogP contribution in [0.1, 0.15) is 46.5 Å². The fraction of sp³-hybridized carbons (Fsp3) is 0.875. The van der Waals surface area contributed by atoms with E-state index in [-0.39, 0.29) is 17.5 Å². The average Bonchev–Trinajstić information content (AvgIpc) is 2.74. The number of carbonyl (C=O) groups excluding carboxylic acids is 2. The lowest BCUT2D eigenvalue weighted by Gasteiger charge is -2.42. The van der Waals surface area contributed by atoms with E-state index < -0.39 is 17.6 Å². The highest BCUT2D eigenvalue weighted by molar-refractivity contribution is 5.73. The molecule has 0 aromatic heterocycles. The van der Waals surface area contributed by atoms with Crippen LogP contribution in [0.3, 0.4) is 0 Å². The van der Waals surface area contributed by atoms with Gasteiger partial charge in [-0.15, -0.1) is 0 Å². The van der Waals surface area contributed by atoms with Gasteiger partial charge in [0.15, 0.2) is 0 Å². The molecule has 1 spiro atoms. The summed E-state index contributed by atoms with van der Waals surface area (Å²) in [6.45, 7) is 6.65. The van der Waals surface area contributed by atoms with E-state index >= 15 is 0 Å². The second kappa shape index (κ2) is 6.07. The van der Waals surface area contributed by atoms with Crippen LogP contribution in [0.25, 0.3) is 0 Å². The normalized spacial score (nSPS) is 27.8. The Morgan fingerprint density at radius 3 is 2.27 bits per heavy atom. The molecular weight excluding hydrogens is 286 g/mol. The number of rotatable bonds is 1. The fourth-order valence-electron chi connectivity index (χ4n) is 3.58. The van der Waals surface area contributed by atoms with Crippen LogP contribution >= 0.6 is 0 Å². The summed E-state index contributed by atoms with van der Waals surface area (Å²) < 4.78 is 10.2. The Morgan fingerprint density at radius 1 is 1.18 bits per heavy atom. The average molecular weight is 313 g/mol. The second-order valence-electron chi connectivity index (χ2n) is 7.44. The summed E-state index contributed by atoms with van der Waals surface area (Å²) in [6.07, 6.45) is 1.86. The molecule has 6 heteroatoms. The number of amides is 1. The number of esters is 1. The van der Waals surface area contributed by atoms with Crippen LogP contribution in [0.4, 0.5) is 4.79 Å². The van der Waals surface area contributed by atoms with Gasteiger partial charge in [-0.2, -0.15) is 0 Å². The number of aliphatic hydroxyl groups is 1. The molecule has 2 fully saturated rings. The highest BCUT2D eigenvalue weighted by atomic mass is 16.6. The van der Waals surface area contributed by atoms with Crippen LogP contribution in [0.2, 0.25) is 0 Å². The van der Waals surface area contributed by atoms with Gasteiger partial charge in [-0.3, -0.25) is 4.79 Å². The number of nitrogens with zero attached hydrogens (tertiary/aromatic N) is 1. The van der Waals surface area contributed by atoms with Crippen molar-refractivity contribution < 1.29 is 24.2 Å². The molecule has 1 aliphatic carbocycles. The maximum atomic E-state index is 12.1. The summed E-state index contributed by atoms with van der Waals surface area (Å²) >= 11 is 0. The quantitative estimate of drug-likeness (QED) is 0.749. The minimum absolute atomic E-state index is 0.266. The van der Waals surface area contributed by atoms with Gasteiger partial charge in [0.25, 0.3) is 0 Å². The summed E-state index contributed by atoms with van der Waals surface area (Å²) in [5.41, 5.74) is -0.771. The van der Waals surface area contributed by atoms with Gasteiger partial charge in [-0.05, 0) is 46.5 Å². The van der Waals surface area contributed by atoms with Crippen molar-refractivity contribution in [3.05, 3.63) is 0 Å². The molecule has 2 aliphatic rings. The molecule has 0 bridgehead atoms. The molecule has 6 nitrogen and oxygen atoms in total. The predicted octanol–water partition coefficient (Wildman–Crippen LogP) is 1.95. The van der Waals surface area contributed by atoms with Gasteiger partial charge in [0.2, 0.25) is 0 Å². The van der Waals surface area contributed by atoms with Gasteiger partial charge in [0.1, 0.15) is 5.60 Å². The molecule has 0 aromatic rings. The Bertz CT molecular complexity index is 434. The lowest BCUT2D eigenvalue weighted by atomic mass is 9.74. The lowest BCUT2D eigenvalue weighted by molar-refractivity contribution is -0.150. The minimum atomic E-state index is -0.680. The zero-order chi connectivity index (χ0) is 16.5. The largest absolute Gasteiger partial charge is 0.469 e. The van der Waals surface area contributed by atoms with Crippen molar-refractivity contribution in [2.75, 3.05) is 20.2 Å². The first-order valence-electron chi connectivity index (χ1n) is 7.92. The third-order valence-electron chi connectivity index (χ3n) is 4.88. The van der Waals surface area contributed by atoms with Gasteiger partial charge in [0.05, 0.1) is 19.1 Å². The number of hydrogen-bond donors (Lipinski definition) is 1. The molecule has 1 saturated heterocycles. The zero-order valence-electron chi connectivity index (χ0n) is 13.9. The summed E-state index contributed by atoms with van der Waals surface area (Å²) in [5.74, 6) is -0.767. The van der Waals surface area contributed by atoms with Crippen LogP contribution in [-0.4, -0.2) is 54.0 Å². The van der Waals surface area contributed by atoms with Gasteiger partial charge in [-0.25, -0.2) is 4.79 Å². The topological polar surface area (TPSA) is 76.1 Å². The molecule has 2 rings (SSSR count). The smallest absolute Gasteiger partial charge is 0.410 e. The van der Waals surface area contributed by atoms with Crippen molar-refractivity contribution in [1.29, 1.82) is 0 Å². The highest BCUT2D eigenvalue weighted by Crippen LogP contribution is 2.49. The third-order valence-corrected chi connectivity index (χ3v) is 4.88. The van der Waals surface area contributed by atoms with Gasteiger partial charge < -0.3 is 19.5 Å². The van der Waals surface area contributed by atoms with E-state index in [0.717, 1.165) is 6.42 Å². The van der Waals surface area contributed by atoms with Crippen molar-refractivity contribution in [3.8, 4) is 0 Å². The summed E-state index contributed by atoms with van der Waals surface area (Å²) in [6, 6.07) is 0. The fourth-order valence-corrected chi connectivity index (χ4v) is 3.58. The van der Waals surface area contributed by atoms with E-state index in [1.54, 1.807) is 4.90 Å². The first-order valence-corrected chi connectivity index (χ1v) is 7.92. The first-order chi connectivity index (χ1) is 10.2. The predicted molar refractivity (Wildman–Crippen MR) is 80.2 cm³/mol. The Labute approximate surface area is 131 Å². The number of methoxy groups -OCH3 is 1. The van der Waals surface area contributed by atoms with Crippen LogP contribution < -0.4 is 0 Å². The number of aliphatic hydroxyl groups excluding tert-OH is 1. The van der Waals surface area contributed by atoms with Crippen LogP contribution in [0.15, 0.2) is 0 Å². The van der Waals surface area contributed by atoms with Gasteiger partial charge in [-0.1, -0.05) is 0 Å². The number of carbonyl (C=O) groups is 2. The molecule has 2 atom stereocenters. The molecule has 1 heterocycles. The van der Waals surface area contributed by atoms with E-state index in [9.17, 15) is 14.7 Å². The molecule has 0 unspecified atom stereocenters. The van der Waals surface area contributed by atoms with E-state index in [0.29, 0.717) is 32.4 Å². The minimum Gasteiger partial charge on any atom is -0.469 e. The standard InChI is InChI=1S/C16H27NO5/c1-15(2,3)22-14(20)17-9-7-16(8-10-17)6-5-11(12(16)18)13(19)21-4/h11-12,18H,5-10H2,1-4H3/t11-,12+/m0/s1. The number of likely N-dealkylation sites (tertiary alicyclic amines) is 1. The van der Waals surface area contributed by atoms with Crippen molar-refractivity contribution >= 4 is 12.1 Å². The zero-order valence-corrected chi connectivity index (χ0v) is 13.9. The molecule has 22 heavy (non-hydrogen) atoms. The van der Waals surface area contributed by atoms with Gasteiger partial charge >= 0.3 is 12.1 Å². The molecule has 1 aliphatic heterocycles. The van der Waals surface area contributed by atoms with E-state index in [4.69, 9.17) is 9.47 Å². The number of piperidine rings is 1. The Morgan fingerprint density at radius 2 is 1.77 bits per heavy atom. The van der Waals surface area contributed by atoms with Crippen LogP contribution in [0.5, 0.6) is 0 Å². The maximum Gasteiger partial charge on any atom is 0.410 e. The van der Waals surface area contributed by atoms with E-state index in [1.807, 2.05) is 20.8 Å². The Hall–Kier alpha value is -1.30. The highest BCUT2D eigenvalue weighted by Gasteiger charge is 2.52. The maximum absolute atomic E-state index is 12.1. The van der Waals surface area contributed by atoms with Crippen LogP contribution in [-0.2, 0) is 14.3 Å².